The molecule has 4 heteroatoms. The zero-order valence-electron chi connectivity index (χ0n) is 11.4. The molecule has 1 aromatic rings. The van der Waals surface area contributed by atoms with Gasteiger partial charge < -0.3 is 10.2 Å². The van der Waals surface area contributed by atoms with Crippen LogP contribution < -0.4 is 5.32 Å². The molecule has 1 aliphatic rings. The van der Waals surface area contributed by atoms with Gasteiger partial charge in [-0.05, 0) is 60.7 Å². The van der Waals surface area contributed by atoms with Crippen LogP contribution in [0, 0.1) is 3.57 Å². The lowest BCUT2D eigenvalue weighted by molar-refractivity contribution is 0.0947. The van der Waals surface area contributed by atoms with Crippen molar-refractivity contribution in [1.29, 1.82) is 0 Å². The molecule has 19 heavy (non-hydrogen) atoms. The molecule has 1 saturated carbocycles. The molecule has 0 bridgehead atoms. The predicted molar refractivity (Wildman–Crippen MR) is 86.4 cm³/mol. The maximum absolute atomic E-state index is 12.0. The number of halogens is 1. The van der Waals surface area contributed by atoms with Crippen molar-refractivity contribution >= 4 is 28.5 Å². The van der Waals surface area contributed by atoms with E-state index < -0.39 is 0 Å². The third kappa shape index (κ3) is 4.45. The van der Waals surface area contributed by atoms with E-state index in [2.05, 4.69) is 39.9 Å². The zero-order chi connectivity index (χ0) is 13.7. The zero-order valence-corrected chi connectivity index (χ0v) is 13.5. The topological polar surface area (TPSA) is 32.3 Å². The van der Waals surface area contributed by atoms with Crippen molar-refractivity contribution in [3.63, 3.8) is 0 Å². The highest BCUT2D eigenvalue weighted by Gasteiger charge is 2.19. The van der Waals surface area contributed by atoms with Crippen LogP contribution in [-0.4, -0.2) is 37.0 Å². The Morgan fingerprint density at radius 2 is 2.16 bits per heavy atom. The van der Waals surface area contributed by atoms with E-state index in [4.69, 9.17) is 0 Å². The quantitative estimate of drug-likeness (QED) is 0.807. The van der Waals surface area contributed by atoms with Crippen molar-refractivity contribution in [2.75, 3.05) is 20.1 Å². The first-order valence-corrected chi connectivity index (χ1v) is 7.98. The van der Waals surface area contributed by atoms with Crippen LogP contribution in [0.2, 0.25) is 0 Å². The Kier molecular flexibility index (Phi) is 5.63. The molecule has 104 valence electrons. The smallest absolute Gasteiger partial charge is 0.251 e. The number of likely N-dealkylation sites (N-methyl/N-ethyl adjacent to an activating group) is 1. The van der Waals surface area contributed by atoms with Gasteiger partial charge >= 0.3 is 0 Å². The third-order valence-electron chi connectivity index (χ3n) is 3.78. The van der Waals surface area contributed by atoms with E-state index in [1.165, 1.54) is 25.7 Å². The lowest BCUT2D eigenvalue weighted by atomic mass is 10.2. The fraction of sp³-hybridized carbons (Fsp3) is 0.533. The molecule has 2 rings (SSSR count). The number of amides is 1. The minimum Gasteiger partial charge on any atom is -0.351 e. The van der Waals surface area contributed by atoms with Crippen molar-refractivity contribution in [3.8, 4) is 0 Å². The summed E-state index contributed by atoms with van der Waals surface area (Å²) in [7, 11) is 2.16. The maximum Gasteiger partial charge on any atom is 0.251 e. The summed E-state index contributed by atoms with van der Waals surface area (Å²) in [5.41, 5.74) is 0.746. The summed E-state index contributed by atoms with van der Waals surface area (Å²) in [5.74, 6) is 0.0262. The van der Waals surface area contributed by atoms with E-state index in [0.29, 0.717) is 0 Å². The summed E-state index contributed by atoms with van der Waals surface area (Å²) in [6.07, 6.45) is 5.32. The van der Waals surface area contributed by atoms with Crippen LogP contribution in [-0.2, 0) is 0 Å². The van der Waals surface area contributed by atoms with Gasteiger partial charge in [0.1, 0.15) is 0 Å². The molecule has 0 atom stereocenters. The number of carbonyl (C=O) groups is 1. The van der Waals surface area contributed by atoms with E-state index in [9.17, 15) is 4.79 Å². The highest BCUT2D eigenvalue weighted by molar-refractivity contribution is 14.1. The minimum atomic E-state index is 0.0262. The van der Waals surface area contributed by atoms with Crippen molar-refractivity contribution < 1.29 is 4.79 Å². The average Bonchev–Trinajstić information content (AvgIpc) is 2.92. The summed E-state index contributed by atoms with van der Waals surface area (Å²) in [4.78, 5) is 14.3. The van der Waals surface area contributed by atoms with Gasteiger partial charge in [0.15, 0.2) is 0 Å². The van der Waals surface area contributed by atoms with E-state index in [-0.39, 0.29) is 5.91 Å². The van der Waals surface area contributed by atoms with Crippen LogP contribution in [0.4, 0.5) is 0 Å². The first-order chi connectivity index (χ1) is 9.16. The first kappa shape index (κ1) is 14.8. The third-order valence-corrected chi connectivity index (χ3v) is 4.46. The van der Waals surface area contributed by atoms with Gasteiger partial charge in [-0.1, -0.05) is 18.9 Å². The molecular weight excluding hydrogens is 351 g/mol. The summed E-state index contributed by atoms with van der Waals surface area (Å²) < 4.78 is 1.09. The number of nitrogens with one attached hydrogen (secondary N) is 1. The van der Waals surface area contributed by atoms with Gasteiger partial charge in [0, 0.05) is 28.3 Å². The molecule has 1 aromatic carbocycles. The van der Waals surface area contributed by atoms with Crippen molar-refractivity contribution in [1.82, 2.24) is 10.2 Å². The molecule has 0 spiro atoms. The van der Waals surface area contributed by atoms with Crippen molar-refractivity contribution in [3.05, 3.63) is 33.4 Å². The molecule has 1 fully saturated rings. The molecule has 0 heterocycles. The van der Waals surface area contributed by atoms with E-state index >= 15 is 0 Å². The minimum absolute atomic E-state index is 0.0262. The lowest BCUT2D eigenvalue weighted by Crippen LogP contribution is -2.37. The standard InChI is InChI=1S/C15H21IN2O/c1-18(14-7-2-3-8-14)10-9-17-15(19)12-5-4-6-13(16)11-12/h4-6,11,14H,2-3,7-10H2,1H3,(H,17,19). The maximum atomic E-state index is 12.0. The molecule has 3 nitrogen and oxygen atoms in total. The molecule has 0 aromatic heterocycles. The van der Waals surface area contributed by atoms with Crippen LogP contribution >= 0.6 is 22.6 Å². The molecule has 1 N–H and O–H groups in total. The van der Waals surface area contributed by atoms with Crippen LogP contribution in [0.25, 0.3) is 0 Å². The lowest BCUT2D eigenvalue weighted by Gasteiger charge is -2.23. The fourth-order valence-electron chi connectivity index (χ4n) is 2.61. The van der Waals surface area contributed by atoms with Crippen LogP contribution in [0.15, 0.2) is 24.3 Å². The summed E-state index contributed by atoms with van der Waals surface area (Å²) in [6, 6.07) is 8.40. The van der Waals surface area contributed by atoms with Gasteiger partial charge in [-0.25, -0.2) is 0 Å². The monoisotopic (exact) mass is 372 g/mol. The van der Waals surface area contributed by atoms with E-state index in [1.807, 2.05) is 24.3 Å². The second-order valence-corrected chi connectivity index (χ2v) is 6.43. The number of hydrogen-bond acceptors (Lipinski definition) is 2. The van der Waals surface area contributed by atoms with Crippen molar-refractivity contribution in [2.24, 2.45) is 0 Å². The largest absolute Gasteiger partial charge is 0.351 e. The van der Waals surface area contributed by atoms with Gasteiger partial charge in [-0.3, -0.25) is 4.79 Å². The SMILES string of the molecule is CN(CCNC(=O)c1cccc(I)c1)C1CCCC1. The van der Waals surface area contributed by atoms with Gasteiger partial charge in [0.2, 0.25) is 0 Å². The van der Waals surface area contributed by atoms with E-state index in [1.54, 1.807) is 0 Å². The first-order valence-electron chi connectivity index (χ1n) is 6.91. The molecule has 0 radical (unpaired) electrons. The number of nitrogens with zero attached hydrogens (tertiary/aromatic N) is 1. The van der Waals surface area contributed by atoms with Crippen molar-refractivity contribution in [2.45, 2.75) is 31.7 Å². The van der Waals surface area contributed by atoms with Gasteiger partial charge in [-0.2, -0.15) is 0 Å². The predicted octanol–water partition coefficient (Wildman–Crippen LogP) is 2.90. The van der Waals surface area contributed by atoms with Crippen LogP contribution in [0.5, 0.6) is 0 Å². The van der Waals surface area contributed by atoms with Gasteiger partial charge in [0.05, 0.1) is 0 Å². The molecule has 0 saturated heterocycles. The summed E-state index contributed by atoms with van der Waals surface area (Å²) in [5, 5.41) is 3.00. The average molecular weight is 372 g/mol. The molecule has 0 aliphatic heterocycles. The molecule has 1 amide bonds. The van der Waals surface area contributed by atoms with Gasteiger partial charge in [0.25, 0.3) is 5.91 Å². The highest BCUT2D eigenvalue weighted by atomic mass is 127. The Labute approximate surface area is 128 Å². The Balaban J connectivity index is 1.74. The normalized spacial score (nSPS) is 15.9. The highest BCUT2D eigenvalue weighted by Crippen LogP contribution is 2.21. The van der Waals surface area contributed by atoms with Crippen LogP contribution in [0.1, 0.15) is 36.0 Å². The number of benzene rings is 1. The number of rotatable bonds is 5. The Morgan fingerprint density at radius 1 is 1.42 bits per heavy atom. The fourth-order valence-corrected chi connectivity index (χ4v) is 3.15. The second-order valence-electron chi connectivity index (χ2n) is 5.19. The molecule has 1 aliphatic carbocycles. The Morgan fingerprint density at radius 3 is 2.84 bits per heavy atom. The summed E-state index contributed by atoms with van der Waals surface area (Å²) in [6.45, 7) is 1.65. The number of hydrogen-bond donors (Lipinski definition) is 1. The molecular formula is C15H21IN2O. The van der Waals surface area contributed by atoms with Crippen LogP contribution in [0.3, 0.4) is 0 Å². The summed E-state index contributed by atoms with van der Waals surface area (Å²) >= 11 is 2.22. The second kappa shape index (κ2) is 7.24. The Hall–Kier alpha value is -0.620. The Bertz CT molecular complexity index is 430. The van der Waals surface area contributed by atoms with Gasteiger partial charge in [-0.15, -0.1) is 0 Å². The number of carbonyl (C=O) groups excluding carboxylic acids is 1. The molecule has 0 unspecified atom stereocenters. The van der Waals surface area contributed by atoms with E-state index in [0.717, 1.165) is 28.3 Å².